The van der Waals surface area contributed by atoms with Gasteiger partial charge in [0, 0.05) is 25.5 Å². The topological polar surface area (TPSA) is 46.6 Å². The maximum atomic E-state index is 6.62. The highest BCUT2D eigenvalue weighted by Crippen LogP contribution is 2.41. The Balaban J connectivity index is 1.87. The third-order valence-electron chi connectivity index (χ3n) is 5.86. The molecule has 1 N–H and O–H groups in total. The zero-order chi connectivity index (χ0) is 20.4. The summed E-state index contributed by atoms with van der Waals surface area (Å²) in [6.45, 7) is 13.1. The van der Waals surface area contributed by atoms with Gasteiger partial charge in [-0.1, -0.05) is 20.8 Å². The monoisotopic (exact) mass is 399 g/mol. The van der Waals surface area contributed by atoms with Gasteiger partial charge >= 0.3 is 0 Å². The molecule has 1 aromatic carbocycles. The first-order valence-corrected chi connectivity index (χ1v) is 12.9. The summed E-state index contributed by atoms with van der Waals surface area (Å²) in [5, 5.41) is 2.41. The van der Waals surface area contributed by atoms with Crippen molar-refractivity contribution in [2.75, 3.05) is 19.1 Å². The van der Waals surface area contributed by atoms with Crippen LogP contribution in [0.15, 0.2) is 36.7 Å². The number of nitrogens with zero attached hydrogens (tertiary/aromatic N) is 2. The summed E-state index contributed by atoms with van der Waals surface area (Å²) in [5.74, 6) is 1.72. The maximum Gasteiger partial charge on any atom is 0.250 e. The van der Waals surface area contributed by atoms with E-state index in [-0.39, 0.29) is 5.04 Å². The predicted octanol–water partition coefficient (Wildman–Crippen LogP) is 5.25. The first-order chi connectivity index (χ1) is 13.2. The number of methoxy groups -OCH3 is 1. The van der Waals surface area contributed by atoms with E-state index in [1.54, 1.807) is 7.11 Å². The predicted molar refractivity (Wildman–Crippen MR) is 117 cm³/mol. The van der Waals surface area contributed by atoms with Crippen LogP contribution in [0, 0.1) is 0 Å². The summed E-state index contributed by atoms with van der Waals surface area (Å²) in [6.07, 6.45) is 5.76. The van der Waals surface area contributed by atoms with Crippen LogP contribution in [0.3, 0.4) is 0 Å². The molecule has 2 heterocycles. The summed E-state index contributed by atoms with van der Waals surface area (Å²) in [4.78, 5) is 4.09. The minimum Gasteiger partial charge on any atom is -0.541 e. The van der Waals surface area contributed by atoms with Gasteiger partial charge in [0.1, 0.15) is 5.75 Å². The molecule has 2 aromatic rings. The van der Waals surface area contributed by atoms with E-state index in [0.29, 0.717) is 0 Å². The SMILES string of the molecule is COc1cc2c(cc1O[Si](C)(C)C(C)(C)C)CN(Nc1ccncc1)CCC2. The number of aromatic nitrogens is 1. The van der Waals surface area contributed by atoms with Crippen molar-refractivity contribution in [3.05, 3.63) is 47.8 Å². The number of nitrogens with one attached hydrogen (secondary N) is 1. The Morgan fingerprint density at radius 2 is 1.75 bits per heavy atom. The van der Waals surface area contributed by atoms with Crippen LogP contribution in [0.5, 0.6) is 11.5 Å². The Hall–Kier alpha value is -2.05. The standard InChI is InChI=1S/C22H33N3O2Si/c1-22(2,3)28(5,6)27-21-15-18-16-25(24-19-9-11-23-12-10-19)13-7-8-17(18)14-20(21)26-4/h9-12,14-15H,7-8,13,16H2,1-6H3,(H,23,24). The lowest BCUT2D eigenvalue weighted by Gasteiger charge is -2.37. The van der Waals surface area contributed by atoms with Crippen LogP contribution in [-0.4, -0.2) is 32.0 Å². The molecule has 3 rings (SSSR count). The van der Waals surface area contributed by atoms with Crippen molar-refractivity contribution in [1.82, 2.24) is 9.99 Å². The summed E-state index contributed by atoms with van der Waals surface area (Å²) >= 11 is 0. The van der Waals surface area contributed by atoms with Gasteiger partial charge in [0.25, 0.3) is 8.32 Å². The molecule has 0 aliphatic carbocycles. The molecule has 1 aliphatic rings. The molecule has 0 saturated heterocycles. The number of aryl methyl sites for hydroxylation is 1. The molecule has 0 atom stereocenters. The van der Waals surface area contributed by atoms with E-state index < -0.39 is 8.32 Å². The molecule has 0 unspecified atom stereocenters. The summed E-state index contributed by atoms with van der Waals surface area (Å²) in [7, 11) is -0.215. The van der Waals surface area contributed by atoms with Gasteiger partial charge in [-0.15, -0.1) is 0 Å². The van der Waals surface area contributed by atoms with Crippen molar-refractivity contribution < 1.29 is 9.16 Å². The highest BCUT2D eigenvalue weighted by Gasteiger charge is 2.39. The molecule has 5 nitrogen and oxygen atoms in total. The molecule has 1 aromatic heterocycles. The largest absolute Gasteiger partial charge is 0.541 e. The second kappa shape index (κ2) is 8.13. The van der Waals surface area contributed by atoms with Crippen molar-refractivity contribution in [3.8, 4) is 11.5 Å². The minimum atomic E-state index is -1.95. The van der Waals surface area contributed by atoms with Crippen molar-refractivity contribution in [2.24, 2.45) is 0 Å². The zero-order valence-electron chi connectivity index (χ0n) is 18.0. The number of hydrogen-bond donors (Lipinski definition) is 1. The van der Waals surface area contributed by atoms with E-state index in [4.69, 9.17) is 9.16 Å². The van der Waals surface area contributed by atoms with Gasteiger partial charge in [0.05, 0.1) is 12.8 Å². The van der Waals surface area contributed by atoms with Crippen molar-refractivity contribution in [1.29, 1.82) is 0 Å². The number of hydrazine groups is 1. The van der Waals surface area contributed by atoms with Gasteiger partial charge in [0.2, 0.25) is 0 Å². The Morgan fingerprint density at radius 1 is 1.07 bits per heavy atom. The quantitative estimate of drug-likeness (QED) is 0.696. The van der Waals surface area contributed by atoms with Crippen molar-refractivity contribution in [2.45, 2.75) is 58.3 Å². The second-order valence-corrected chi connectivity index (χ2v) is 13.7. The average Bonchev–Trinajstić information content (AvgIpc) is 2.81. The lowest BCUT2D eigenvalue weighted by molar-refractivity contribution is 0.326. The van der Waals surface area contributed by atoms with Crippen molar-refractivity contribution >= 4 is 14.0 Å². The molecule has 0 bridgehead atoms. The average molecular weight is 400 g/mol. The van der Waals surface area contributed by atoms with E-state index in [2.05, 4.69) is 61.4 Å². The van der Waals surface area contributed by atoms with Gasteiger partial charge < -0.3 is 14.6 Å². The van der Waals surface area contributed by atoms with Crippen molar-refractivity contribution in [3.63, 3.8) is 0 Å². The van der Waals surface area contributed by atoms with Crippen LogP contribution < -0.4 is 14.6 Å². The van der Waals surface area contributed by atoms with Crippen LogP contribution in [0.4, 0.5) is 5.69 Å². The summed E-state index contributed by atoms with van der Waals surface area (Å²) < 4.78 is 12.3. The van der Waals surface area contributed by atoms with Crippen LogP contribution in [0.2, 0.25) is 18.1 Å². The van der Waals surface area contributed by atoms with Gasteiger partial charge in [0.15, 0.2) is 5.75 Å². The Bertz CT molecular complexity index is 803. The number of anilines is 1. The normalized spacial score (nSPS) is 15.5. The molecule has 0 amide bonds. The highest BCUT2D eigenvalue weighted by atomic mass is 28.4. The Morgan fingerprint density at radius 3 is 2.39 bits per heavy atom. The zero-order valence-corrected chi connectivity index (χ0v) is 19.0. The number of benzene rings is 1. The Kier molecular flexibility index (Phi) is 6.00. The molecule has 0 fully saturated rings. The maximum absolute atomic E-state index is 6.62. The molecule has 28 heavy (non-hydrogen) atoms. The molecule has 0 spiro atoms. The van der Waals surface area contributed by atoms with E-state index in [1.807, 2.05) is 24.5 Å². The van der Waals surface area contributed by atoms with Crippen LogP contribution in [0.1, 0.15) is 38.3 Å². The second-order valence-electron chi connectivity index (χ2n) is 9.01. The fourth-order valence-corrected chi connectivity index (χ4v) is 4.16. The number of rotatable bonds is 5. The van der Waals surface area contributed by atoms with Crippen LogP contribution in [0.25, 0.3) is 0 Å². The molecule has 152 valence electrons. The number of ether oxygens (including phenoxy) is 1. The third kappa shape index (κ3) is 4.67. The van der Waals surface area contributed by atoms with E-state index in [1.165, 1.54) is 11.1 Å². The van der Waals surface area contributed by atoms with Crippen LogP contribution in [-0.2, 0) is 13.0 Å². The first-order valence-electron chi connectivity index (χ1n) is 10.00. The number of fused-ring (bicyclic) bond motifs is 1. The fraction of sp³-hybridized carbons (Fsp3) is 0.500. The highest BCUT2D eigenvalue weighted by molar-refractivity contribution is 6.74. The van der Waals surface area contributed by atoms with Gasteiger partial charge in [-0.05, 0) is 66.4 Å². The van der Waals surface area contributed by atoms with E-state index >= 15 is 0 Å². The van der Waals surface area contributed by atoms with E-state index in [9.17, 15) is 0 Å². The third-order valence-corrected chi connectivity index (χ3v) is 10.2. The van der Waals surface area contributed by atoms with Gasteiger partial charge in [-0.25, -0.2) is 5.01 Å². The summed E-state index contributed by atoms with van der Waals surface area (Å²) in [6, 6.07) is 8.35. The Labute approximate surface area is 170 Å². The van der Waals surface area contributed by atoms with Gasteiger partial charge in [-0.3, -0.25) is 4.98 Å². The van der Waals surface area contributed by atoms with Gasteiger partial charge in [-0.2, -0.15) is 0 Å². The fourth-order valence-electron chi connectivity index (χ4n) is 3.14. The number of pyridine rings is 1. The smallest absolute Gasteiger partial charge is 0.250 e. The molecular formula is C22H33N3O2Si. The first kappa shape index (κ1) is 20.7. The number of hydrogen-bond acceptors (Lipinski definition) is 5. The van der Waals surface area contributed by atoms with E-state index in [0.717, 1.165) is 43.1 Å². The molecule has 0 saturated carbocycles. The minimum absolute atomic E-state index is 0.139. The molecule has 6 heteroatoms. The molecular weight excluding hydrogens is 366 g/mol. The summed E-state index contributed by atoms with van der Waals surface area (Å²) in [5.41, 5.74) is 7.22. The lowest BCUT2D eigenvalue weighted by Crippen LogP contribution is -2.44. The lowest BCUT2D eigenvalue weighted by atomic mass is 10.0. The molecule has 0 radical (unpaired) electrons. The molecule has 1 aliphatic heterocycles. The van der Waals surface area contributed by atoms with Crippen LogP contribution >= 0.6 is 0 Å².